The van der Waals surface area contributed by atoms with Gasteiger partial charge in [0.25, 0.3) is 0 Å². The van der Waals surface area contributed by atoms with Gasteiger partial charge in [0.1, 0.15) is 6.61 Å². The molecule has 0 aromatic heterocycles. The molecule has 0 spiro atoms. The summed E-state index contributed by atoms with van der Waals surface area (Å²) in [6, 6.07) is 0. The van der Waals surface area contributed by atoms with E-state index in [1.54, 1.807) is 6.92 Å². The zero-order chi connectivity index (χ0) is 16.0. The number of ether oxygens (including phenoxy) is 2. The van der Waals surface area contributed by atoms with Crippen LogP contribution in [0.2, 0.25) is 0 Å². The molecule has 0 rings (SSSR count). The van der Waals surface area contributed by atoms with Crippen LogP contribution in [0.4, 0.5) is 13.2 Å². The molecule has 0 aromatic carbocycles. The summed E-state index contributed by atoms with van der Waals surface area (Å²) in [7, 11) is 0. The summed E-state index contributed by atoms with van der Waals surface area (Å²) in [5, 5.41) is 0. The van der Waals surface area contributed by atoms with Crippen molar-refractivity contribution in [3.63, 3.8) is 0 Å². The topological polar surface area (TPSA) is 52.6 Å². The Hall–Kier alpha value is -1.27. The van der Waals surface area contributed by atoms with E-state index in [1.807, 2.05) is 20.8 Å². The van der Waals surface area contributed by atoms with Crippen LogP contribution in [-0.2, 0) is 19.1 Å². The number of hydrogen-bond donors (Lipinski definition) is 0. The summed E-state index contributed by atoms with van der Waals surface area (Å²) in [6.45, 7) is 5.45. The molecule has 0 radical (unpaired) electrons. The minimum Gasteiger partial charge on any atom is -0.465 e. The van der Waals surface area contributed by atoms with Gasteiger partial charge in [-0.15, -0.1) is 0 Å². The molecule has 7 heteroatoms. The van der Waals surface area contributed by atoms with E-state index in [-0.39, 0.29) is 18.9 Å². The predicted molar refractivity (Wildman–Crippen MR) is 65.8 cm³/mol. The molecule has 0 aliphatic heterocycles. The van der Waals surface area contributed by atoms with Gasteiger partial charge < -0.3 is 9.47 Å². The van der Waals surface area contributed by atoms with Crippen LogP contribution in [-0.4, -0.2) is 31.3 Å². The fraction of sp³-hybridized carbons (Fsp3) is 0.846. The molecule has 0 aromatic rings. The quantitative estimate of drug-likeness (QED) is 0.678. The SMILES string of the molecule is CCC(C)(C(=O)OCCC(=O)OCC(F)(F)F)C(C)C. The molecule has 118 valence electrons. The van der Waals surface area contributed by atoms with Crippen LogP contribution in [0.5, 0.6) is 0 Å². The number of carbonyl (C=O) groups is 2. The lowest BCUT2D eigenvalue weighted by atomic mass is 9.77. The molecular weight excluding hydrogens is 277 g/mol. The van der Waals surface area contributed by atoms with Crippen molar-refractivity contribution in [3.05, 3.63) is 0 Å². The zero-order valence-electron chi connectivity index (χ0n) is 12.2. The standard InChI is InChI=1S/C13H21F3O4/c1-5-12(4,9(2)3)11(18)19-7-6-10(17)20-8-13(14,15)16/h9H,5-8H2,1-4H3. The van der Waals surface area contributed by atoms with Gasteiger partial charge >= 0.3 is 18.1 Å². The van der Waals surface area contributed by atoms with Crippen molar-refractivity contribution < 1.29 is 32.2 Å². The first-order valence-electron chi connectivity index (χ1n) is 6.42. The highest BCUT2D eigenvalue weighted by molar-refractivity contribution is 5.77. The number of carbonyl (C=O) groups excluding carboxylic acids is 2. The number of hydrogen-bond acceptors (Lipinski definition) is 4. The second-order valence-electron chi connectivity index (χ2n) is 5.09. The highest BCUT2D eigenvalue weighted by Crippen LogP contribution is 2.32. The normalized spacial score (nSPS) is 14.8. The maximum absolute atomic E-state index is 11.9. The number of alkyl halides is 3. The van der Waals surface area contributed by atoms with Crippen LogP contribution < -0.4 is 0 Å². The van der Waals surface area contributed by atoms with Gasteiger partial charge in [-0.2, -0.15) is 13.2 Å². The van der Waals surface area contributed by atoms with Gasteiger partial charge in [-0.25, -0.2) is 0 Å². The Kier molecular flexibility index (Phi) is 7.02. The average molecular weight is 298 g/mol. The van der Waals surface area contributed by atoms with Crippen molar-refractivity contribution in [1.82, 2.24) is 0 Å². The third-order valence-electron chi connectivity index (χ3n) is 3.41. The van der Waals surface area contributed by atoms with Gasteiger partial charge in [0, 0.05) is 0 Å². The van der Waals surface area contributed by atoms with Crippen molar-refractivity contribution >= 4 is 11.9 Å². The Labute approximate surface area is 116 Å². The molecule has 0 aliphatic rings. The second kappa shape index (κ2) is 7.50. The largest absolute Gasteiger partial charge is 0.465 e. The van der Waals surface area contributed by atoms with Crippen LogP contribution in [0, 0.1) is 11.3 Å². The van der Waals surface area contributed by atoms with Crippen molar-refractivity contribution in [2.45, 2.75) is 46.7 Å². The van der Waals surface area contributed by atoms with Crippen molar-refractivity contribution in [2.75, 3.05) is 13.2 Å². The Bertz CT molecular complexity index is 339. The smallest absolute Gasteiger partial charge is 0.422 e. The van der Waals surface area contributed by atoms with Crippen molar-refractivity contribution in [1.29, 1.82) is 0 Å². The molecule has 0 aliphatic carbocycles. The van der Waals surface area contributed by atoms with E-state index >= 15 is 0 Å². The fourth-order valence-corrected chi connectivity index (χ4v) is 1.41. The van der Waals surface area contributed by atoms with Gasteiger partial charge in [0.05, 0.1) is 11.8 Å². The second-order valence-corrected chi connectivity index (χ2v) is 5.09. The minimum absolute atomic E-state index is 0.0529. The van der Waals surface area contributed by atoms with Gasteiger partial charge in [0.15, 0.2) is 6.61 Å². The van der Waals surface area contributed by atoms with E-state index in [2.05, 4.69) is 4.74 Å². The van der Waals surface area contributed by atoms with Gasteiger partial charge in [0.2, 0.25) is 0 Å². The fourth-order valence-electron chi connectivity index (χ4n) is 1.41. The molecular formula is C13H21F3O4. The van der Waals surface area contributed by atoms with Crippen molar-refractivity contribution in [3.8, 4) is 0 Å². The Morgan fingerprint density at radius 3 is 2.10 bits per heavy atom. The molecule has 1 unspecified atom stereocenters. The lowest BCUT2D eigenvalue weighted by molar-refractivity contribution is -0.187. The van der Waals surface area contributed by atoms with E-state index in [4.69, 9.17) is 4.74 Å². The summed E-state index contributed by atoms with van der Waals surface area (Å²) < 4.78 is 44.3. The van der Waals surface area contributed by atoms with E-state index in [1.165, 1.54) is 0 Å². The van der Waals surface area contributed by atoms with Gasteiger partial charge in [-0.3, -0.25) is 9.59 Å². The molecule has 0 fully saturated rings. The maximum Gasteiger partial charge on any atom is 0.422 e. The highest BCUT2D eigenvalue weighted by Gasteiger charge is 2.36. The van der Waals surface area contributed by atoms with Crippen LogP contribution in [0.25, 0.3) is 0 Å². The number of halogens is 3. The molecule has 0 heterocycles. The molecule has 1 atom stereocenters. The van der Waals surface area contributed by atoms with Crippen LogP contribution in [0.1, 0.15) is 40.5 Å². The molecule has 4 nitrogen and oxygen atoms in total. The molecule has 0 N–H and O–H groups in total. The summed E-state index contributed by atoms with van der Waals surface area (Å²) in [5.74, 6) is -1.45. The lowest BCUT2D eigenvalue weighted by Crippen LogP contribution is -2.34. The lowest BCUT2D eigenvalue weighted by Gasteiger charge is -2.29. The van der Waals surface area contributed by atoms with E-state index in [0.29, 0.717) is 6.42 Å². The molecule has 0 saturated heterocycles. The first-order chi connectivity index (χ1) is 9.03. The molecule has 0 amide bonds. The third-order valence-corrected chi connectivity index (χ3v) is 3.41. The molecule has 0 saturated carbocycles. The minimum atomic E-state index is -4.55. The average Bonchev–Trinajstić information content (AvgIpc) is 2.34. The van der Waals surface area contributed by atoms with Crippen molar-refractivity contribution in [2.24, 2.45) is 11.3 Å². The van der Waals surface area contributed by atoms with Crippen LogP contribution >= 0.6 is 0 Å². The Morgan fingerprint density at radius 2 is 1.70 bits per heavy atom. The summed E-state index contributed by atoms with van der Waals surface area (Å²) in [6.07, 6.45) is -4.37. The Morgan fingerprint density at radius 1 is 1.15 bits per heavy atom. The van der Waals surface area contributed by atoms with Gasteiger partial charge in [-0.1, -0.05) is 20.8 Å². The molecule has 20 heavy (non-hydrogen) atoms. The monoisotopic (exact) mass is 298 g/mol. The van der Waals surface area contributed by atoms with Crippen LogP contribution in [0.15, 0.2) is 0 Å². The summed E-state index contributed by atoms with van der Waals surface area (Å²) >= 11 is 0. The first-order valence-corrected chi connectivity index (χ1v) is 6.42. The maximum atomic E-state index is 11.9. The number of rotatable bonds is 7. The van der Waals surface area contributed by atoms with E-state index < -0.39 is 30.1 Å². The summed E-state index contributed by atoms with van der Waals surface area (Å²) in [4.78, 5) is 22.9. The summed E-state index contributed by atoms with van der Waals surface area (Å²) in [5.41, 5.74) is -0.671. The highest BCUT2D eigenvalue weighted by atomic mass is 19.4. The Balaban J connectivity index is 4.12. The molecule has 0 bridgehead atoms. The number of esters is 2. The van der Waals surface area contributed by atoms with Crippen LogP contribution in [0.3, 0.4) is 0 Å². The van der Waals surface area contributed by atoms with E-state index in [0.717, 1.165) is 0 Å². The van der Waals surface area contributed by atoms with Gasteiger partial charge in [-0.05, 0) is 19.3 Å². The van der Waals surface area contributed by atoms with E-state index in [9.17, 15) is 22.8 Å². The third kappa shape index (κ3) is 6.25. The zero-order valence-corrected chi connectivity index (χ0v) is 12.2. The first kappa shape index (κ1) is 18.7. The predicted octanol–water partition coefficient (Wildman–Crippen LogP) is 3.10.